The fraction of sp³-hybridized carbons (Fsp3) is 0.357. The molecule has 1 heterocycles. The molecule has 0 radical (unpaired) electrons. The van der Waals surface area contributed by atoms with E-state index in [-0.39, 0.29) is 0 Å². The van der Waals surface area contributed by atoms with E-state index in [1.807, 2.05) is 30.6 Å². The van der Waals surface area contributed by atoms with Gasteiger partial charge in [0.15, 0.2) is 0 Å². The van der Waals surface area contributed by atoms with Crippen LogP contribution in [0.4, 0.5) is 0 Å². The fourth-order valence-electron chi connectivity index (χ4n) is 1.86. The molecule has 18 heavy (non-hydrogen) atoms. The third-order valence-corrected chi connectivity index (χ3v) is 2.92. The summed E-state index contributed by atoms with van der Waals surface area (Å²) in [6.45, 7) is 1.63. The van der Waals surface area contributed by atoms with Crippen molar-refractivity contribution in [3.63, 3.8) is 0 Å². The Hall–Kier alpha value is -1.81. The smallest absolute Gasteiger partial charge is 0.120 e. The molecule has 96 valence electrons. The standard InChI is InChI=1S/C14H19N3O/c1-16(2)9-7-14-15-8-10-17(14)11-12-5-3-4-6-13(12)18/h3-6,8,10,18H,7,9,11H2,1-2H3. The number of aromatic hydroxyl groups is 1. The monoisotopic (exact) mass is 245 g/mol. The SMILES string of the molecule is CN(C)CCc1nccn1Cc1ccccc1O. The second kappa shape index (κ2) is 5.69. The Balaban J connectivity index is 2.10. The van der Waals surface area contributed by atoms with Crippen LogP contribution in [0.25, 0.3) is 0 Å². The molecule has 2 rings (SSSR count). The van der Waals surface area contributed by atoms with Crippen LogP contribution in [0.5, 0.6) is 5.75 Å². The molecule has 1 aromatic heterocycles. The first-order valence-electron chi connectivity index (χ1n) is 6.08. The maximum atomic E-state index is 9.78. The molecule has 0 amide bonds. The molecule has 0 saturated heterocycles. The quantitative estimate of drug-likeness (QED) is 0.872. The number of likely N-dealkylation sites (N-methyl/N-ethyl adjacent to an activating group) is 1. The van der Waals surface area contributed by atoms with Crippen molar-refractivity contribution >= 4 is 0 Å². The Kier molecular flexibility index (Phi) is 3.99. The summed E-state index contributed by atoms with van der Waals surface area (Å²) < 4.78 is 2.08. The molecule has 1 aromatic carbocycles. The second-order valence-corrected chi connectivity index (χ2v) is 4.65. The van der Waals surface area contributed by atoms with Gasteiger partial charge in [0.25, 0.3) is 0 Å². The van der Waals surface area contributed by atoms with Gasteiger partial charge in [-0.25, -0.2) is 4.98 Å². The molecule has 0 unspecified atom stereocenters. The predicted molar refractivity (Wildman–Crippen MR) is 71.7 cm³/mol. The molecule has 1 N–H and O–H groups in total. The summed E-state index contributed by atoms with van der Waals surface area (Å²) in [7, 11) is 4.10. The second-order valence-electron chi connectivity index (χ2n) is 4.65. The molecular formula is C14H19N3O. The summed E-state index contributed by atoms with van der Waals surface area (Å²) >= 11 is 0. The minimum absolute atomic E-state index is 0.338. The topological polar surface area (TPSA) is 41.3 Å². The van der Waals surface area contributed by atoms with Gasteiger partial charge in [0, 0.05) is 30.9 Å². The van der Waals surface area contributed by atoms with Gasteiger partial charge in [0.05, 0.1) is 6.54 Å². The zero-order chi connectivity index (χ0) is 13.0. The van der Waals surface area contributed by atoms with Crippen molar-refractivity contribution in [1.82, 2.24) is 14.5 Å². The first-order valence-corrected chi connectivity index (χ1v) is 6.08. The van der Waals surface area contributed by atoms with Crippen molar-refractivity contribution < 1.29 is 5.11 Å². The van der Waals surface area contributed by atoms with Crippen molar-refractivity contribution in [3.8, 4) is 5.75 Å². The highest BCUT2D eigenvalue weighted by Crippen LogP contribution is 2.17. The predicted octanol–water partition coefficient (Wildman–Crippen LogP) is 1.74. The Bertz CT molecular complexity index is 505. The number of phenolic OH excluding ortho intramolecular Hbond substituents is 1. The lowest BCUT2D eigenvalue weighted by atomic mass is 10.2. The molecule has 0 spiro atoms. The summed E-state index contributed by atoms with van der Waals surface area (Å²) in [6.07, 6.45) is 4.68. The van der Waals surface area contributed by atoms with Crippen molar-refractivity contribution in [1.29, 1.82) is 0 Å². The molecule has 0 aliphatic carbocycles. The van der Waals surface area contributed by atoms with Crippen LogP contribution in [0.3, 0.4) is 0 Å². The van der Waals surface area contributed by atoms with Gasteiger partial charge in [-0.15, -0.1) is 0 Å². The van der Waals surface area contributed by atoms with E-state index in [2.05, 4.69) is 28.5 Å². The van der Waals surface area contributed by atoms with Crippen molar-refractivity contribution in [2.75, 3.05) is 20.6 Å². The van der Waals surface area contributed by atoms with E-state index in [1.165, 1.54) is 0 Å². The maximum Gasteiger partial charge on any atom is 0.120 e. The lowest BCUT2D eigenvalue weighted by Crippen LogP contribution is -2.17. The molecule has 0 bridgehead atoms. The van der Waals surface area contributed by atoms with Crippen LogP contribution in [0.2, 0.25) is 0 Å². The van der Waals surface area contributed by atoms with Gasteiger partial charge in [0.2, 0.25) is 0 Å². The van der Waals surface area contributed by atoms with Gasteiger partial charge >= 0.3 is 0 Å². The Morgan fingerprint density at radius 1 is 1.28 bits per heavy atom. The van der Waals surface area contributed by atoms with Gasteiger partial charge in [-0.3, -0.25) is 0 Å². The first kappa shape index (κ1) is 12.6. The molecular weight excluding hydrogens is 226 g/mol. The molecule has 0 atom stereocenters. The number of aromatic nitrogens is 2. The summed E-state index contributed by atoms with van der Waals surface area (Å²) in [5.74, 6) is 1.39. The number of hydrogen-bond donors (Lipinski definition) is 1. The maximum absolute atomic E-state index is 9.78. The van der Waals surface area contributed by atoms with Crippen LogP contribution < -0.4 is 0 Å². The summed E-state index contributed by atoms with van der Waals surface area (Å²) in [5.41, 5.74) is 0.918. The zero-order valence-corrected chi connectivity index (χ0v) is 10.9. The first-order chi connectivity index (χ1) is 8.66. The lowest BCUT2D eigenvalue weighted by molar-refractivity contribution is 0.406. The highest BCUT2D eigenvalue weighted by Gasteiger charge is 2.06. The summed E-state index contributed by atoms with van der Waals surface area (Å²) in [5, 5.41) is 9.78. The number of nitrogens with zero attached hydrogens (tertiary/aromatic N) is 3. The Labute approximate surface area is 108 Å². The van der Waals surface area contributed by atoms with Gasteiger partial charge in [-0.05, 0) is 20.2 Å². The number of rotatable bonds is 5. The Morgan fingerprint density at radius 2 is 2.06 bits per heavy atom. The van der Waals surface area contributed by atoms with Crippen LogP contribution in [0.1, 0.15) is 11.4 Å². The van der Waals surface area contributed by atoms with Crippen LogP contribution in [0.15, 0.2) is 36.7 Å². The molecule has 4 nitrogen and oxygen atoms in total. The van der Waals surface area contributed by atoms with Gasteiger partial charge in [0.1, 0.15) is 11.6 Å². The van der Waals surface area contributed by atoms with Gasteiger partial charge < -0.3 is 14.6 Å². The Morgan fingerprint density at radius 3 is 2.78 bits per heavy atom. The van der Waals surface area contributed by atoms with Crippen LogP contribution in [-0.2, 0) is 13.0 Å². The number of imidazole rings is 1. The van der Waals surface area contributed by atoms with Gasteiger partial charge in [-0.2, -0.15) is 0 Å². The van der Waals surface area contributed by atoms with E-state index in [9.17, 15) is 5.11 Å². The van der Waals surface area contributed by atoms with E-state index in [4.69, 9.17) is 0 Å². The van der Waals surface area contributed by atoms with Gasteiger partial charge in [-0.1, -0.05) is 18.2 Å². The minimum atomic E-state index is 0.338. The molecule has 4 heteroatoms. The van der Waals surface area contributed by atoms with Crippen molar-refractivity contribution in [3.05, 3.63) is 48.0 Å². The molecule has 0 aliphatic heterocycles. The van der Waals surface area contributed by atoms with E-state index in [0.717, 1.165) is 24.4 Å². The average Bonchev–Trinajstić information content (AvgIpc) is 2.77. The normalized spacial score (nSPS) is 11.1. The number of phenols is 1. The molecule has 0 aliphatic rings. The number of benzene rings is 1. The van der Waals surface area contributed by atoms with Crippen LogP contribution in [0, 0.1) is 0 Å². The van der Waals surface area contributed by atoms with E-state index >= 15 is 0 Å². The summed E-state index contributed by atoms with van der Waals surface area (Å²) in [6, 6.07) is 7.42. The third kappa shape index (κ3) is 3.11. The number of para-hydroxylation sites is 1. The summed E-state index contributed by atoms with van der Waals surface area (Å²) in [4.78, 5) is 6.51. The highest BCUT2D eigenvalue weighted by atomic mass is 16.3. The molecule has 2 aromatic rings. The van der Waals surface area contributed by atoms with E-state index < -0.39 is 0 Å². The van der Waals surface area contributed by atoms with Crippen LogP contribution >= 0.6 is 0 Å². The molecule has 0 saturated carbocycles. The lowest BCUT2D eigenvalue weighted by Gasteiger charge is -2.12. The molecule has 0 fully saturated rings. The van der Waals surface area contributed by atoms with E-state index in [0.29, 0.717) is 12.3 Å². The van der Waals surface area contributed by atoms with Crippen molar-refractivity contribution in [2.45, 2.75) is 13.0 Å². The zero-order valence-electron chi connectivity index (χ0n) is 10.9. The fourth-order valence-corrected chi connectivity index (χ4v) is 1.86. The average molecular weight is 245 g/mol. The van der Waals surface area contributed by atoms with Crippen molar-refractivity contribution in [2.24, 2.45) is 0 Å². The third-order valence-electron chi connectivity index (χ3n) is 2.92. The largest absolute Gasteiger partial charge is 0.508 e. The van der Waals surface area contributed by atoms with E-state index in [1.54, 1.807) is 6.07 Å². The van der Waals surface area contributed by atoms with Crippen LogP contribution in [-0.4, -0.2) is 40.2 Å². The highest BCUT2D eigenvalue weighted by molar-refractivity contribution is 5.32. The minimum Gasteiger partial charge on any atom is -0.508 e. The number of hydrogen-bond acceptors (Lipinski definition) is 3.